The van der Waals surface area contributed by atoms with Gasteiger partial charge in [-0.15, -0.1) is 0 Å². The number of rotatable bonds is 3. The maximum absolute atomic E-state index is 13.1. The minimum Gasteiger partial charge on any atom is -0.366 e. The first kappa shape index (κ1) is 21.2. The molecule has 3 aromatic rings. The van der Waals surface area contributed by atoms with E-state index in [-0.39, 0.29) is 28.8 Å². The number of hydrogen-bond acceptors (Lipinski definition) is 6. The molecule has 0 spiro atoms. The molecule has 0 bridgehead atoms. The van der Waals surface area contributed by atoms with Gasteiger partial charge in [0.25, 0.3) is 0 Å². The normalized spacial score (nSPS) is 18.3. The first-order valence-electron chi connectivity index (χ1n) is 10.2. The van der Waals surface area contributed by atoms with Crippen molar-refractivity contribution in [1.29, 1.82) is 0 Å². The lowest BCUT2D eigenvalue weighted by molar-refractivity contribution is -0.146. The molecule has 1 aliphatic rings. The SMILES string of the molecule is C[C@H]1CC[C@H](c2ccc3[nH]c(=O)ccc3n2)N(C(=O)C(=O)Nc2cncc(C(N)=O)c2)C1. The van der Waals surface area contributed by atoms with E-state index in [9.17, 15) is 19.2 Å². The van der Waals surface area contributed by atoms with Crippen molar-refractivity contribution in [2.24, 2.45) is 11.7 Å². The van der Waals surface area contributed by atoms with Crippen molar-refractivity contribution in [3.05, 3.63) is 64.3 Å². The van der Waals surface area contributed by atoms with Gasteiger partial charge in [-0.1, -0.05) is 6.92 Å². The molecule has 0 radical (unpaired) electrons. The monoisotopic (exact) mass is 434 g/mol. The number of piperidine rings is 1. The number of nitrogens with zero attached hydrogens (tertiary/aromatic N) is 3. The maximum atomic E-state index is 13.1. The van der Waals surface area contributed by atoms with Crippen molar-refractivity contribution in [2.75, 3.05) is 11.9 Å². The average molecular weight is 434 g/mol. The van der Waals surface area contributed by atoms with Crippen molar-refractivity contribution in [3.8, 4) is 0 Å². The van der Waals surface area contributed by atoms with Crippen LogP contribution in [0.15, 0.2) is 47.5 Å². The molecule has 4 N–H and O–H groups in total. The fraction of sp³-hybridized carbons (Fsp3) is 0.273. The van der Waals surface area contributed by atoms with Crippen LogP contribution >= 0.6 is 0 Å². The Morgan fingerprint density at radius 2 is 1.97 bits per heavy atom. The third-order valence-electron chi connectivity index (χ3n) is 5.49. The Kier molecular flexibility index (Phi) is 5.67. The number of aromatic nitrogens is 3. The van der Waals surface area contributed by atoms with Gasteiger partial charge in [-0.2, -0.15) is 0 Å². The van der Waals surface area contributed by atoms with E-state index in [2.05, 4.69) is 20.3 Å². The molecule has 3 aromatic heterocycles. The molecule has 1 fully saturated rings. The van der Waals surface area contributed by atoms with Crippen LogP contribution in [-0.2, 0) is 9.59 Å². The first-order valence-corrected chi connectivity index (χ1v) is 10.2. The molecule has 0 aromatic carbocycles. The topological polar surface area (TPSA) is 151 Å². The van der Waals surface area contributed by atoms with Crippen LogP contribution in [0.5, 0.6) is 0 Å². The van der Waals surface area contributed by atoms with Crippen LogP contribution in [-0.4, -0.2) is 44.1 Å². The van der Waals surface area contributed by atoms with Gasteiger partial charge in [0, 0.05) is 18.8 Å². The number of nitrogens with two attached hydrogens (primary N) is 1. The van der Waals surface area contributed by atoms with E-state index in [1.165, 1.54) is 29.4 Å². The van der Waals surface area contributed by atoms with Crippen LogP contribution in [0, 0.1) is 5.92 Å². The number of primary amides is 1. The van der Waals surface area contributed by atoms with E-state index in [4.69, 9.17) is 5.73 Å². The summed E-state index contributed by atoms with van der Waals surface area (Å²) in [7, 11) is 0. The molecule has 2 atom stereocenters. The van der Waals surface area contributed by atoms with E-state index in [0.717, 1.165) is 6.42 Å². The third-order valence-corrected chi connectivity index (χ3v) is 5.49. The second-order valence-electron chi connectivity index (χ2n) is 7.93. The highest BCUT2D eigenvalue weighted by atomic mass is 16.2. The van der Waals surface area contributed by atoms with Gasteiger partial charge in [-0.3, -0.25) is 24.2 Å². The lowest BCUT2D eigenvalue weighted by atomic mass is 9.92. The van der Waals surface area contributed by atoms with Gasteiger partial charge in [0.2, 0.25) is 11.5 Å². The molecule has 0 aliphatic carbocycles. The second kappa shape index (κ2) is 8.58. The second-order valence-corrected chi connectivity index (χ2v) is 7.93. The highest BCUT2D eigenvalue weighted by Gasteiger charge is 2.35. The number of amides is 3. The summed E-state index contributed by atoms with van der Waals surface area (Å²) < 4.78 is 0. The Morgan fingerprint density at radius 3 is 2.75 bits per heavy atom. The summed E-state index contributed by atoms with van der Waals surface area (Å²) in [6.07, 6.45) is 4.15. The van der Waals surface area contributed by atoms with Crippen molar-refractivity contribution in [3.63, 3.8) is 0 Å². The van der Waals surface area contributed by atoms with E-state index in [1.54, 1.807) is 18.2 Å². The molecule has 1 aliphatic heterocycles. The molecular formula is C22H22N6O4. The number of H-pyrrole nitrogens is 1. The number of anilines is 1. The molecule has 0 unspecified atom stereocenters. The van der Waals surface area contributed by atoms with Crippen LogP contribution < -0.4 is 16.6 Å². The van der Waals surface area contributed by atoms with Crippen LogP contribution in [0.1, 0.15) is 41.9 Å². The largest absolute Gasteiger partial charge is 0.366 e. The molecule has 1 saturated heterocycles. The van der Waals surface area contributed by atoms with Gasteiger partial charge in [-0.25, -0.2) is 4.98 Å². The summed E-state index contributed by atoms with van der Waals surface area (Å²) in [5.74, 6) is -2.00. The molecule has 32 heavy (non-hydrogen) atoms. The van der Waals surface area contributed by atoms with Crippen LogP contribution in [0.3, 0.4) is 0 Å². The molecule has 4 heterocycles. The summed E-state index contributed by atoms with van der Waals surface area (Å²) in [5.41, 5.74) is 7.20. The van der Waals surface area contributed by atoms with Gasteiger partial charge >= 0.3 is 11.8 Å². The maximum Gasteiger partial charge on any atom is 0.313 e. The number of aromatic amines is 1. The van der Waals surface area contributed by atoms with Crippen molar-refractivity contribution < 1.29 is 14.4 Å². The van der Waals surface area contributed by atoms with Gasteiger partial charge in [0.1, 0.15) is 0 Å². The predicted molar refractivity (Wildman–Crippen MR) is 117 cm³/mol. The third kappa shape index (κ3) is 4.34. The number of carbonyl (C=O) groups excluding carboxylic acids is 3. The van der Waals surface area contributed by atoms with E-state index in [0.29, 0.717) is 29.7 Å². The Morgan fingerprint density at radius 1 is 1.16 bits per heavy atom. The van der Waals surface area contributed by atoms with Crippen LogP contribution in [0.4, 0.5) is 5.69 Å². The van der Waals surface area contributed by atoms with Gasteiger partial charge in [0.05, 0.1) is 40.2 Å². The summed E-state index contributed by atoms with van der Waals surface area (Å²) in [5, 5.41) is 2.50. The minimum atomic E-state index is -0.836. The Balaban J connectivity index is 1.59. The summed E-state index contributed by atoms with van der Waals surface area (Å²) in [6.45, 7) is 2.43. The van der Waals surface area contributed by atoms with Gasteiger partial charge in [-0.05, 0) is 43.0 Å². The summed E-state index contributed by atoms with van der Waals surface area (Å²) >= 11 is 0. The number of fused-ring (bicyclic) bond motifs is 1. The van der Waals surface area contributed by atoms with Gasteiger partial charge in [0.15, 0.2) is 0 Å². The first-order chi connectivity index (χ1) is 15.3. The molecule has 10 heteroatoms. The number of nitrogens with one attached hydrogen (secondary N) is 2. The number of pyridine rings is 3. The lowest BCUT2D eigenvalue weighted by Gasteiger charge is -2.38. The molecule has 3 amide bonds. The zero-order valence-corrected chi connectivity index (χ0v) is 17.4. The van der Waals surface area contributed by atoms with Crippen molar-refractivity contribution >= 4 is 34.4 Å². The van der Waals surface area contributed by atoms with E-state index >= 15 is 0 Å². The predicted octanol–water partition coefficient (Wildman–Crippen LogP) is 1.36. The highest BCUT2D eigenvalue weighted by molar-refractivity contribution is 6.39. The lowest BCUT2D eigenvalue weighted by Crippen LogP contribution is -2.46. The zero-order valence-electron chi connectivity index (χ0n) is 17.4. The zero-order chi connectivity index (χ0) is 22.8. The minimum absolute atomic E-state index is 0.123. The van der Waals surface area contributed by atoms with Crippen molar-refractivity contribution in [1.82, 2.24) is 19.9 Å². The smallest absolute Gasteiger partial charge is 0.313 e. The summed E-state index contributed by atoms with van der Waals surface area (Å²) in [4.78, 5) is 61.4. The van der Waals surface area contributed by atoms with Crippen LogP contribution in [0.2, 0.25) is 0 Å². The quantitative estimate of drug-likeness (QED) is 0.530. The van der Waals surface area contributed by atoms with E-state index in [1.807, 2.05) is 6.92 Å². The summed E-state index contributed by atoms with van der Waals surface area (Å²) in [6, 6.07) is 7.52. The Labute approximate surface area is 182 Å². The molecule has 164 valence electrons. The Hall–Kier alpha value is -4.08. The fourth-order valence-electron chi connectivity index (χ4n) is 3.88. The Bertz CT molecular complexity index is 1270. The van der Waals surface area contributed by atoms with E-state index < -0.39 is 17.7 Å². The van der Waals surface area contributed by atoms with Crippen LogP contribution in [0.25, 0.3) is 11.0 Å². The molecule has 4 rings (SSSR count). The molecule has 0 saturated carbocycles. The fourth-order valence-corrected chi connectivity index (χ4v) is 3.88. The average Bonchev–Trinajstić information content (AvgIpc) is 2.78. The number of likely N-dealkylation sites (tertiary alicyclic amines) is 1. The number of hydrogen-bond donors (Lipinski definition) is 3. The highest BCUT2D eigenvalue weighted by Crippen LogP contribution is 2.33. The molecule has 10 nitrogen and oxygen atoms in total. The number of carbonyl (C=O) groups is 3. The molecular weight excluding hydrogens is 412 g/mol. The van der Waals surface area contributed by atoms with Gasteiger partial charge < -0.3 is 20.9 Å². The standard InChI is InChI=1S/C22H22N6O4/c1-12-2-6-18(17-4-3-16-15(26-17)5-7-19(29)27-16)28(11-12)22(32)21(31)25-14-8-13(20(23)30)9-24-10-14/h3-5,7-10,12,18H,2,6,11H2,1H3,(H2,23,30)(H,25,31)(H,27,29)/t12-,18+/m0/s1. The van der Waals surface area contributed by atoms with Crippen molar-refractivity contribution in [2.45, 2.75) is 25.8 Å².